The van der Waals surface area contributed by atoms with Crippen molar-refractivity contribution in [2.24, 2.45) is 0 Å². The topological polar surface area (TPSA) is 29.9 Å². The van der Waals surface area contributed by atoms with Crippen molar-refractivity contribution >= 4 is 0 Å². The van der Waals surface area contributed by atoms with E-state index in [1.807, 2.05) is 6.92 Å². The van der Waals surface area contributed by atoms with Crippen molar-refractivity contribution in [1.82, 2.24) is 15.1 Å². The second kappa shape index (κ2) is 6.02. The number of nitrogens with zero attached hydrogens (tertiary/aromatic N) is 2. The average molecular weight is 257 g/mol. The second-order valence-corrected chi connectivity index (χ2v) is 5.08. The minimum atomic E-state index is 0.309. The van der Waals surface area contributed by atoms with Crippen molar-refractivity contribution in [1.29, 1.82) is 0 Å². The smallest absolute Gasteiger partial charge is 0.0607 e. The van der Waals surface area contributed by atoms with Crippen molar-refractivity contribution in [2.75, 3.05) is 6.54 Å². The molecule has 3 nitrogen and oxygen atoms in total. The van der Waals surface area contributed by atoms with Gasteiger partial charge in [-0.25, -0.2) is 0 Å². The van der Waals surface area contributed by atoms with E-state index < -0.39 is 0 Å². The predicted octanol–water partition coefficient (Wildman–Crippen LogP) is 3.16. The summed E-state index contributed by atoms with van der Waals surface area (Å²) in [6.45, 7) is 10.3. The largest absolute Gasteiger partial charge is 0.309 e. The molecule has 1 heterocycles. The van der Waals surface area contributed by atoms with Crippen molar-refractivity contribution in [2.45, 2.75) is 40.3 Å². The maximum Gasteiger partial charge on any atom is 0.0607 e. The Labute approximate surface area is 115 Å². The zero-order chi connectivity index (χ0) is 13.8. The summed E-state index contributed by atoms with van der Waals surface area (Å²) >= 11 is 0. The normalized spacial score (nSPS) is 12.6. The third kappa shape index (κ3) is 3.24. The van der Waals surface area contributed by atoms with E-state index in [9.17, 15) is 0 Å². The lowest BCUT2D eigenvalue weighted by Crippen LogP contribution is -2.27. The average Bonchev–Trinajstić information content (AvgIpc) is 2.68. The Bertz CT molecular complexity index is 543. The molecule has 1 N–H and O–H groups in total. The van der Waals surface area contributed by atoms with Crippen LogP contribution in [-0.4, -0.2) is 16.3 Å². The molecule has 2 rings (SSSR count). The van der Waals surface area contributed by atoms with Gasteiger partial charge in [-0.05, 0) is 44.5 Å². The first-order chi connectivity index (χ1) is 9.11. The first-order valence-corrected chi connectivity index (χ1v) is 6.91. The van der Waals surface area contributed by atoms with Gasteiger partial charge in [-0.3, -0.25) is 4.68 Å². The molecule has 1 aromatic heterocycles. The Kier molecular flexibility index (Phi) is 4.38. The van der Waals surface area contributed by atoms with E-state index in [1.165, 1.54) is 16.8 Å². The van der Waals surface area contributed by atoms with Crippen LogP contribution in [0.15, 0.2) is 30.3 Å². The Morgan fingerprint density at radius 3 is 2.53 bits per heavy atom. The molecule has 19 heavy (non-hydrogen) atoms. The maximum atomic E-state index is 4.56. The molecule has 102 valence electrons. The number of benzene rings is 1. The molecule has 0 fully saturated rings. The van der Waals surface area contributed by atoms with Gasteiger partial charge < -0.3 is 5.32 Å². The molecule has 0 spiro atoms. The quantitative estimate of drug-likeness (QED) is 0.891. The highest BCUT2D eigenvalue weighted by molar-refractivity contribution is 5.28. The summed E-state index contributed by atoms with van der Waals surface area (Å²) in [6.07, 6.45) is 0. The molecular formula is C16H23N3. The summed E-state index contributed by atoms with van der Waals surface area (Å²) in [7, 11) is 0. The summed E-state index contributed by atoms with van der Waals surface area (Å²) < 4.78 is 2.09. The van der Waals surface area contributed by atoms with Crippen molar-refractivity contribution in [3.8, 4) is 0 Å². The second-order valence-electron chi connectivity index (χ2n) is 5.08. The first kappa shape index (κ1) is 13.8. The molecule has 0 radical (unpaired) electrons. The van der Waals surface area contributed by atoms with Crippen LogP contribution < -0.4 is 5.32 Å². The number of rotatable bonds is 5. The molecule has 0 bridgehead atoms. The van der Waals surface area contributed by atoms with Crippen LogP contribution in [0.25, 0.3) is 0 Å². The highest BCUT2D eigenvalue weighted by Crippen LogP contribution is 2.20. The zero-order valence-corrected chi connectivity index (χ0v) is 12.3. The van der Waals surface area contributed by atoms with Gasteiger partial charge in [0, 0.05) is 5.69 Å². The van der Waals surface area contributed by atoms with Gasteiger partial charge in [0.1, 0.15) is 0 Å². The number of likely N-dealkylation sites (N-methyl/N-ethyl adjacent to an activating group) is 1. The third-order valence-corrected chi connectivity index (χ3v) is 3.47. The number of hydrogen-bond donors (Lipinski definition) is 1. The summed E-state index contributed by atoms with van der Waals surface area (Å²) in [5.41, 5.74) is 4.98. The lowest BCUT2D eigenvalue weighted by molar-refractivity contribution is 0.439. The third-order valence-electron chi connectivity index (χ3n) is 3.47. The molecular weight excluding hydrogens is 234 g/mol. The van der Waals surface area contributed by atoms with Gasteiger partial charge in [-0.15, -0.1) is 0 Å². The molecule has 0 amide bonds. The van der Waals surface area contributed by atoms with Gasteiger partial charge in [0.15, 0.2) is 0 Å². The Morgan fingerprint density at radius 1 is 1.21 bits per heavy atom. The van der Waals surface area contributed by atoms with Gasteiger partial charge in [-0.1, -0.05) is 31.2 Å². The molecule has 1 atom stereocenters. The van der Waals surface area contributed by atoms with Gasteiger partial charge in [0.05, 0.1) is 18.3 Å². The van der Waals surface area contributed by atoms with E-state index >= 15 is 0 Å². The monoisotopic (exact) mass is 257 g/mol. The molecule has 2 aromatic rings. The van der Waals surface area contributed by atoms with Gasteiger partial charge in [-0.2, -0.15) is 5.10 Å². The molecule has 0 saturated heterocycles. The molecule has 0 aliphatic rings. The van der Waals surface area contributed by atoms with Gasteiger partial charge in [0.2, 0.25) is 0 Å². The Hall–Kier alpha value is -1.61. The van der Waals surface area contributed by atoms with Crippen molar-refractivity contribution < 1.29 is 0 Å². The first-order valence-electron chi connectivity index (χ1n) is 6.91. The molecule has 0 saturated carbocycles. The minimum Gasteiger partial charge on any atom is -0.309 e. The van der Waals surface area contributed by atoms with Crippen molar-refractivity contribution in [3.63, 3.8) is 0 Å². The Morgan fingerprint density at radius 2 is 1.95 bits per heavy atom. The number of aryl methyl sites for hydroxylation is 3. The number of nitrogens with one attached hydrogen (secondary N) is 1. The molecule has 3 heteroatoms. The van der Waals surface area contributed by atoms with E-state index in [1.54, 1.807) is 0 Å². The zero-order valence-electron chi connectivity index (χ0n) is 12.3. The van der Waals surface area contributed by atoms with Crippen LogP contribution >= 0.6 is 0 Å². The maximum absolute atomic E-state index is 4.56. The summed E-state index contributed by atoms with van der Waals surface area (Å²) in [6, 6.07) is 11.0. The van der Waals surface area contributed by atoms with Crippen LogP contribution in [0.1, 0.15) is 35.5 Å². The van der Waals surface area contributed by atoms with Gasteiger partial charge >= 0.3 is 0 Å². The fourth-order valence-corrected chi connectivity index (χ4v) is 2.53. The Balaban J connectivity index is 2.26. The van der Waals surface area contributed by atoms with Crippen molar-refractivity contribution in [3.05, 3.63) is 52.8 Å². The minimum absolute atomic E-state index is 0.309. The van der Waals surface area contributed by atoms with Crippen LogP contribution in [0, 0.1) is 20.8 Å². The highest BCUT2D eigenvalue weighted by atomic mass is 15.3. The van der Waals surface area contributed by atoms with Crippen LogP contribution in [0.4, 0.5) is 0 Å². The van der Waals surface area contributed by atoms with Crippen LogP contribution in [0.2, 0.25) is 0 Å². The molecule has 1 unspecified atom stereocenters. The van der Waals surface area contributed by atoms with E-state index in [-0.39, 0.29) is 0 Å². The molecule has 0 aliphatic heterocycles. The number of aromatic nitrogens is 2. The fourth-order valence-electron chi connectivity index (χ4n) is 2.53. The molecule has 1 aromatic carbocycles. The van der Waals surface area contributed by atoms with Gasteiger partial charge in [0.25, 0.3) is 0 Å². The van der Waals surface area contributed by atoms with E-state index in [2.05, 4.69) is 66.2 Å². The number of hydrogen-bond acceptors (Lipinski definition) is 2. The highest BCUT2D eigenvalue weighted by Gasteiger charge is 2.14. The summed E-state index contributed by atoms with van der Waals surface area (Å²) in [5, 5.41) is 8.13. The standard InChI is InChI=1S/C16H23N3/c1-5-17-16(15-9-7-6-8-12(15)2)11-19-14(4)10-13(3)18-19/h6-10,16-17H,5,11H2,1-4H3. The van der Waals surface area contributed by atoms with E-state index in [0.717, 1.165) is 18.8 Å². The SMILES string of the molecule is CCNC(Cn1nc(C)cc1C)c1ccccc1C. The summed E-state index contributed by atoms with van der Waals surface area (Å²) in [4.78, 5) is 0. The lowest BCUT2D eigenvalue weighted by atomic mass is 10.0. The van der Waals surface area contributed by atoms with Crippen LogP contribution in [0.3, 0.4) is 0 Å². The lowest BCUT2D eigenvalue weighted by Gasteiger charge is -2.21. The fraction of sp³-hybridized carbons (Fsp3) is 0.438. The van der Waals surface area contributed by atoms with E-state index in [4.69, 9.17) is 0 Å². The summed E-state index contributed by atoms with van der Waals surface area (Å²) in [5.74, 6) is 0. The molecule has 0 aliphatic carbocycles. The van der Waals surface area contributed by atoms with Crippen LogP contribution in [0.5, 0.6) is 0 Å². The predicted molar refractivity (Wildman–Crippen MR) is 79.3 cm³/mol. The van der Waals surface area contributed by atoms with E-state index in [0.29, 0.717) is 6.04 Å². The van der Waals surface area contributed by atoms with Crippen LogP contribution in [-0.2, 0) is 6.54 Å².